The van der Waals surface area contributed by atoms with Gasteiger partial charge in [0.05, 0.1) is 18.2 Å². The van der Waals surface area contributed by atoms with Crippen LogP contribution in [-0.2, 0) is 4.74 Å². The van der Waals surface area contributed by atoms with Crippen molar-refractivity contribution >= 4 is 17.3 Å². The number of halogens is 1. The molecule has 0 atom stereocenters. The maximum Gasteiger partial charge on any atom is 0.138 e. The molecule has 0 radical (unpaired) electrons. The van der Waals surface area contributed by atoms with Crippen LogP contribution in [0.15, 0.2) is 18.2 Å². The number of piperazine rings is 1. The van der Waals surface area contributed by atoms with E-state index in [0.717, 1.165) is 64.8 Å². The van der Waals surface area contributed by atoms with Crippen LogP contribution in [0.25, 0.3) is 0 Å². The summed E-state index contributed by atoms with van der Waals surface area (Å²) in [6, 6.07) is 6.17. The molecule has 0 aromatic heterocycles. The van der Waals surface area contributed by atoms with Gasteiger partial charge in [-0.2, -0.15) is 0 Å². The highest BCUT2D eigenvalue weighted by atomic mass is 35.5. The van der Waals surface area contributed by atoms with Crippen LogP contribution < -0.4 is 9.64 Å². The van der Waals surface area contributed by atoms with Crippen LogP contribution in [0.4, 0.5) is 5.69 Å². The molecule has 0 amide bonds. The smallest absolute Gasteiger partial charge is 0.138 e. The first-order valence-electron chi connectivity index (χ1n) is 9.66. The summed E-state index contributed by atoms with van der Waals surface area (Å²) in [6.45, 7) is 16.2. The Balaban J connectivity index is 1.49. The Hall–Kier alpha value is -1.01. The zero-order chi connectivity index (χ0) is 18.6. The Morgan fingerprint density at radius 1 is 1.04 bits per heavy atom. The van der Waals surface area contributed by atoms with E-state index in [1.807, 2.05) is 12.1 Å². The zero-order valence-electron chi connectivity index (χ0n) is 16.3. The van der Waals surface area contributed by atoms with E-state index >= 15 is 0 Å². The first-order chi connectivity index (χ1) is 12.4. The van der Waals surface area contributed by atoms with Gasteiger partial charge >= 0.3 is 0 Å². The number of ether oxygens (including phenoxy) is 2. The van der Waals surface area contributed by atoms with E-state index in [-0.39, 0.29) is 5.54 Å². The van der Waals surface area contributed by atoms with Crippen molar-refractivity contribution in [2.45, 2.75) is 26.3 Å². The Labute approximate surface area is 162 Å². The zero-order valence-corrected chi connectivity index (χ0v) is 17.1. The lowest BCUT2D eigenvalue weighted by molar-refractivity contribution is 0.0322. The molecular weight excluding hydrogens is 350 g/mol. The highest BCUT2D eigenvalue weighted by Crippen LogP contribution is 2.30. The Bertz CT molecular complexity index is 577. The van der Waals surface area contributed by atoms with E-state index in [1.165, 1.54) is 5.69 Å². The molecule has 5 nitrogen and oxygen atoms in total. The molecule has 1 aromatic carbocycles. The lowest BCUT2D eigenvalue weighted by Crippen LogP contribution is -2.53. The van der Waals surface area contributed by atoms with Gasteiger partial charge in [-0.25, -0.2) is 0 Å². The molecule has 0 aliphatic carbocycles. The van der Waals surface area contributed by atoms with Gasteiger partial charge in [0.25, 0.3) is 0 Å². The number of benzene rings is 1. The molecule has 26 heavy (non-hydrogen) atoms. The van der Waals surface area contributed by atoms with E-state index in [0.29, 0.717) is 11.6 Å². The van der Waals surface area contributed by atoms with Crippen molar-refractivity contribution in [3.63, 3.8) is 0 Å². The second-order valence-electron chi connectivity index (χ2n) is 8.06. The maximum absolute atomic E-state index is 6.48. The molecule has 6 heteroatoms. The number of hydrogen-bond acceptors (Lipinski definition) is 5. The third kappa shape index (κ3) is 5.26. The van der Waals surface area contributed by atoms with E-state index in [1.54, 1.807) is 0 Å². The van der Waals surface area contributed by atoms with Crippen LogP contribution in [0, 0.1) is 0 Å². The van der Waals surface area contributed by atoms with E-state index < -0.39 is 0 Å². The topological polar surface area (TPSA) is 28.2 Å². The van der Waals surface area contributed by atoms with Crippen LogP contribution in [0.5, 0.6) is 5.75 Å². The molecule has 2 heterocycles. The molecule has 0 spiro atoms. The van der Waals surface area contributed by atoms with Crippen molar-refractivity contribution in [2.24, 2.45) is 0 Å². The molecule has 1 aromatic rings. The number of nitrogens with zero attached hydrogens (tertiary/aromatic N) is 3. The fourth-order valence-electron chi connectivity index (χ4n) is 3.55. The number of morpholine rings is 1. The van der Waals surface area contributed by atoms with Gasteiger partial charge < -0.3 is 14.4 Å². The number of hydrogen-bond donors (Lipinski definition) is 0. The standard InChI is InChI=1S/C20H32ClN3O2/c1-20(2,3)24-8-6-23(7-9-24)17-4-5-19(18(21)16-17)26-15-12-22-10-13-25-14-11-22/h4-5,16H,6-15H2,1-3H3. The summed E-state index contributed by atoms with van der Waals surface area (Å²) in [4.78, 5) is 7.31. The van der Waals surface area contributed by atoms with Gasteiger partial charge in [-0.1, -0.05) is 11.6 Å². The molecular formula is C20H32ClN3O2. The maximum atomic E-state index is 6.48. The van der Waals surface area contributed by atoms with E-state index in [2.05, 4.69) is 41.5 Å². The van der Waals surface area contributed by atoms with Crippen molar-refractivity contribution in [2.75, 3.05) is 70.5 Å². The molecule has 3 rings (SSSR count). The summed E-state index contributed by atoms with van der Waals surface area (Å²) in [7, 11) is 0. The van der Waals surface area contributed by atoms with Gasteiger partial charge in [0.15, 0.2) is 0 Å². The average Bonchev–Trinajstić information content (AvgIpc) is 2.63. The van der Waals surface area contributed by atoms with Crippen LogP contribution in [0.1, 0.15) is 20.8 Å². The lowest BCUT2D eigenvalue weighted by atomic mass is 10.0. The van der Waals surface area contributed by atoms with Gasteiger partial charge in [-0.3, -0.25) is 9.80 Å². The first kappa shape index (κ1) is 19.7. The Kier molecular flexibility index (Phi) is 6.67. The third-order valence-electron chi connectivity index (χ3n) is 5.28. The van der Waals surface area contributed by atoms with Crippen molar-refractivity contribution in [3.05, 3.63) is 23.2 Å². The second-order valence-corrected chi connectivity index (χ2v) is 8.47. The van der Waals surface area contributed by atoms with Crippen molar-refractivity contribution < 1.29 is 9.47 Å². The normalized spacial score (nSPS) is 20.4. The number of rotatable bonds is 5. The monoisotopic (exact) mass is 381 g/mol. The summed E-state index contributed by atoms with van der Waals surface area (Å²) in [5.74, 6) is 0.775. The van der Waals surface area contributed by atoms with Crippen LogP contribution in [0.3, 0.4) is 0 Å². The summed E-state index contributed by atoms with van der Waals surface area (Å²) >= 11 is 6.48. The first-order valence-corrected chi connectivity index (χ1v) is 10.0. The van der Waals surface area contributed by atoms with Crippen molar-refractivity contribution in [1.82, 2.24) is 9.80 Å². The summed E-state index contributed by atoms with van der Waals surface area (Å²) in [6.07, 6.45) is 0. The van der Waals surface area contributed by atoms with E-state index in [4.69, 9.17) is 21.1 Å². The Morgan fingerprint density at radius 2 is 1.73 bits per heavy atom. The summed E-state index contributed by atoms with van der Waals surface area (Å²) in [5, 5.41) is 0.697. The largest absolute Gasteiger partial charge is 0.491 e. The van der Waals surface area contributed by atoms with Crippen molar-refractivity contribution in [3.8, 4) is 5.75 Å². The average molecular weight is 382 g/mol. The SMILES string of the molecule is CC(C)(C)N1CCN(c2ccc(OCCN3CCOCC3)c(Cl)c2)CC1. The van der Waals surface area contributed by atoms with Crippen LogP contribution >= 0.6 is 11.6 Å². The molecule has 146 valence electrons. The molecule has 2 saturated heterocycles. The second kappa shape index (κ2) is 8.79. The lowest BCUT2D eigenvalue weighted by Gasteiger charge is -2.43. The highest BCUT2D eigenvalue weighted by Gasteiger charge is 2.26. The quantitative estimate of drug-likeness (QED) is 0.781. The van der Waals surface area contributed by atoms with Gasteiger partial charge in [0.2, 0.25) is 0 Å². The molecule has 2 aliphatic heterocycles. The third-order valence-corrected chi connectivity index (χ3v) is 5.57. The Morgan fingerprint density at radius 3 is 2.35 bits per heavy atom. The fraction of sp³-hybridized carbons (Fsp3) is 0.700. The molecule has 0 unspecified atom stereocenters. The van der Waals surface area contributed by atoms with E-state index in [9.17, 15) is 0 Å². The van der Waals surface area contributed by atoms with Crippen LogP contribution in [-0.4, -0.2) is 81.0 Å². The molecule has 0 saturated carbocycles. The molecule has 0 bridgehead atoms. The van der Waals surface area contributed by atoms with Crippen LogP contribution in [0.2, 0.25) is 5.02 Å². The summed E-state index contributed by atoms with van der Waals surface area (Å²) < 4.78 is 11.3. The highest BCUT2D eigenvalue weighted by molar-refractivity contribution is 6.32. The molecule has 2 aliphatic rings. The molecule has 2 fully saturated rings. The van der Waals surface area contributed by atoms with Gasteiger partial charge in [0.1, 0.15) is 12.4 Å². The van der Waals surface area contributed by atoms with Gasteiger partial charge in [-0.05, 0) is 39.0 Å². The number of anilines is 1. The summed E-state index contributed by atoms with van der Waals surface area (Å²) in [5.41, 5.74) is 1.42. The van der Waals surface area contributed by atoms with Gasteiger partial charge in [-0.15, -0.1) is 0 Å². The van der Waals surface area contributed by atoms with Crippen molar-refractivity contribution in [1.29, 1.82) is 0 Å². The minimum atomic E-state index is 0.238. The molecule has 0 N–H and O–H groups in total. The minimum Gasteiger partial charge on any atom is -0.491 e. The predicted octanol–water partition coefficient (Wildman–Crippen LogP) is 2.97. The van der Waals surface area contributed by atoms with Gasteiger partial charge in [0, 0.05) is 57.0 Å². The minimum absolute atomic E-state index is 0.238. The predicted molar refractivity (Wildman–Crippen MR) is 108 cm³/mol. The fourth-order valence-corrected chi connectivity index (χ4v) is 3.78.